The molecule has 2 N–H and O–H groups in total. The SMILES string of the molecule is CCOc1c(Cl)cc(CNCc2cccc(C(=O)O)c2)cc1OC. The molecule has 0 fully saturated rings. The Morgan fingerprint density at radius 3 is 2.62 bits per heavy atom. The van der Waals surface area contributed by atoms with E-state index in [2.05, 4.69) is 5.32 Å². The van der Waals surface area contributed by atoms with E-state index in [-0.39, 0.29) is 5.56 Å². The maximum atomic E-state index is 11.0. The number of carboxylic acid groups (broad SMARTS) is 1. The van der Waals surface area contributed by atoms with E-state index in [1.807, 2.05) is 25.1 Å². The highest BCUT2D eigenvalue weighted by molar-refractivity contribution is 6.32. The lowest BCUT2D eigenvalue weighted by Gasteiger charge is -2.13. The average molecular weight is 350 g/mol. The Morgan fingerprint density at radius 2 is 1.96 bits per heavy atom. The molecule has 0 amide bonds. The van der Waals surface area contributed by atoms with Crippen molar-refractivity contribution in [2.75, 3.05) is 13.7 Å². The lowest BCUT2D eigenvalue weighted by molar-refractivity contribution is 0.0696. The Morgan fingerprint density at radius 1 is 1.21 bits per heavy atom. The van der Waals surface area contributed by atoms with E-state index in [4.69, 9.17) is 26.2 Å². The molecule has 0 saturated carbocycles. The van der Waals surface area contributed by atoms with E-state index in [1.165, 1.54) is 0 Å². The number of methoxy groups -OCH3 is 1. The molecule has 5 nitrogen and oxygen atoms in total. The Kier molecular flexibility index (Phi) is 6.46. The van der Waals surface area contributed by atoms with Crippen LogP contribution in [0.5, 0.6) is 11.5 Å². The molecular formula is C18H20ClNO4. The summed E-state index contributed by atoms with van der Waals surface area (Å²) in [5.74, 6) is 0.202. The van der Waals surface area contributed by atoms with Gasteiger partial charge < -0.3 is 19.9 Å². The van der Waals surface area contributed by atoms with Gasteiger partial charge in [-0.15, -0.1) is 0 Å². The van der Waals surface area contributed by atoms with E-state index in [1.54, 1.807) is 25.3 Å². The fourth-order valence-corrected chi connectivity index (χ4v) is 2.61. The average Bonchev–Trinajstić information content (AvgIpc) is 2.57. The van der Waals surface area contributed by atoms with Crippen LogP contribution in [0.15, 0.2) is 36.4 Å². The lowest BCUT2D eigenvalue weighted by Crippen LogP contribution is -2.13. The van der Waals surface area contributed by atoms with Crippen LogP contribution in [-0.4, -0.2) is 24.8 Å². The van der Waals surface area contributed by atoms with Crippen LogP contribution < -0.4 is 14.8 Å². The van der Waals surface area contributed by atoms with Gasteiger partial charge >= 0.3 is 5.97 Å². The van der Waals surface area contributed by atoms with Crippen molar-refractivity contribution < 1.29 is 19.4 Å². The third-order valence-corrected chi connectivity index (χ3v) is 3.69. The summed E-state index contributed by atoms with van der Waals surface area (Å²) < 4.78 is 10.8. The first-order valence-corrected chi connectivity index (χ1v) is 7.95. The van der Waals surface area contributed by atoms with Crippen molar-refractivity contribution in [2.45, 2.75) is 20.0 Å². The Bertz CT molecular complexity index is 718. The topological polar surface area (TPSA) is 67.8 Å². The summed E-state index contributed by atoms with van der Waals surface area (Å²) in [6, 6.07) is 10.5. The third-order valence-electron chi connectivity index (χ3n) is 3.41. The molecule has 128 valence electrons. The van der Waals surface area contributed by atoms with Gasteiger partial charge in [0.2, 0.25) is 0 Å². The van der Waals surface area contributed by atoms with Gasteiger partial charge in [-0.25, -0.2) is 4.79 Å². The molecule has 0 aliphatic rings. The number of nitrogens with one attached hydrogen (secondary N) is 1. The van der Waals surface area contributed by atoms with Crippen LogP contribution in [0, 0.1) is 0 Å². The second-order valence-corrected chi connectivity index (χ2v) is 5.56. The van der Waals surface area contributed by atoms with Crippen LogP contribution in [0.1, 0.15) is 28.4 Å². The Hall–Kier alpha value is -2.24. The number of rotatable bonds is 8. The highest BCUT2D eigenvalue weighted by atomic mass is 35.5. The van der Waals surface area contributed by atoms with Gasteiger partial charge in [0.05, 0.1) is 24.3 Å². The summed E-state index contributed by atoms with van der Waals surface area (Å²) in [6.45, 7) is 3.51. The molecule has 0 heterocycles. The first-order chi connectivity index (χ1) is 11.5. The Balaban J connectivity index is 2.03. The molecule has 6 heteroatoms. The molecule has 0 bridgehead atoms. The molecule has 2 aromatic rings. The summed E-state index contributed by atoms with van der Waals surface area (Å²) in [6.07, 6.45) is 0. The number of carboxylic acids is 1. The van der Waals surface area contributed by atoms with Gasteiger partial charge in [-0.1, -0.05) is 23.7 Å². The third kappa shape index (κ3) is 4.63. The zero-order chi connectivity index (χ0) is 17.5. The highest BCUT2D eigenvalue weighted by Crippen LogP contribution is 2.36. The van der Waals surface area contributed by atoms with Crippen LogP contribution in [-0.2, 0) is 13.1 Å². The number of hydrogen-bond acceptors (Lipinski definition) is 4. The van der Waals surface area contributed by atoms with E-state index >= 15 is 0 Å². The molecule has 0 aliphatic heterocycles. The van der Waals surface area contributed by atoms with Gasteiger partial charge in [0.1, 0.15) is 0 Å². The molecule has 2 aromatic carbocycles. The minimum Gasteiger partial charge on any atom is -0.493 e. The van der Waals surface area contributed by atoms with Gasteiger partial charge in [0, 0.05) is 13.1 Å². The van der Waals surface area contributed by atoms with E-state index in [0.29, 0.717) is 36.2 Å². The largest absolute Gasteiger partial charge is 0.493 e. The quantitative estimate of drug-likeness (QED) is 0.760. The monoisotopic (exact) mass is 349 g/mol. The number of halogens is 1. The van der Waals surface area contributed by atoms with Crippen LogP contribution >= 0.6 is 11.6 Å². The molecule has 0 spiro atoms. The first kappa shape index (κ1) is 18.1. The first-order valence-electron chi connectivity index (χ1n) is 7.57. The van der Waals surface area contributed by atoms with E-state index < -0.39 is 5.97 Å². The van der Waals surface area contributed by atoms with Crippen molar-refractivity contribution in [3.63, 3.8) is 0 Å². The molecule has 0 saturated heterocycles. The zero-order valence-electron chi connectivity index (χ0n) is 13.6. The molecule has 0 aromatic heterocycles. The maximum absolute atomic E-state index is 11.0. The number of ether oxygens (including phenoxy) is 2. The molecular weight excluding hydrogens is 330 g/mol. The van der Waals surface area contributed by atoms with Crippen LogP contribution in [0.4, 0.5) is 0 Å². The maximum Gasteiger partial charge on any atom is 0.335 e. The smallest absolute Gasteiger partial charge is 0.335 e. The second kappa shape index (κ2) is 8.57. The van der Waals surface area contributed by atoms with Crippen molar-refractivity contribution in [2.24, 2.45) is 0 Å². The van der Waals surface area contributed by atoms with Gasteiger partial charge in [-0.3, -0.25) is 0 Å². The molecule has 0 atom stereocenters. The fourth-order valence-electron chi connectivity index (χ4n) is 2.33. The molecule has 24 heavy (non-hydrogen) atoms. The molecule has 2 rings (SSSR count). The van der Waals surface area contributed by atoms with Crippen LogP contribution in [0.2, 0.25) is 5.02 Å². The van der Waals surface area contributed by atoms with Gasteiger partial charge in [0.15, 0.2) is 11.5 Å². The van der Waals surface area contributed by atoms with Crippen molar-refractivity contribution >= 4 is 17.6 Å². The summed E-state index contributed by atoms with van der Waals surface area (Å²) in [5, 5.41) is 12.8. The number of aromatic carboxylic acids is 1. The van der Waals surface area contributed by atoms with E-state index in [9.17, 15) is 4.79 Å². The number of carbonyl (C=O) groups is 1. The number of benzene rings is 2. The molecule has 0 unspecified atom stereocenters. The second-order valence-electron chi connectivity index (χ2n) is 5.15. The molecule has 0 aliphatic carbocycles. The Labute approximate surface area is 146 Å². The van der Waals surface area contributed by atoms with Gasteiger partial charge in [-0.2, -0.15) is 0 Å². The highest BCUT2D eigenvalue weighted by Gasteiger charge is 2.11. The molecule has 0 radical (unpaired) electrons. The lowest BCUT2D eigenvalue weighted by atomic mass is 10.1. The van der Waals surface area contributed by atoms with Crippen molar-refractivity contribution in [1.29, 1.82) is 0 Å². The number of hydrogen-bond donors (Lipinski definition) is 2. The minimum atomic E-state index is -0.931. The summed E-state index contributed by atoms with van der Waals surface area (Å²) in [5.41, 5.74) is 2.13. The van der Waals surface area contributed by atoms with Gasteiger partial charge in [0.25, 0.3) is 0 Å². The zero-order valence-corrected chi connectivity index (χ0v) is 14.4. The van der Waals surface area contributed by atoms with Crippen molar-refractivity contribution in [1.82, 2.24) is 5.32 Å². The van der Waals surface area contributed by atoms with Crippen molar-refractivity contribution in [3.8, 4) is 11.5 Å². The van der Waals surface area contributed by atoms with Gasteiger partial charge in [-0.05, 0) is 42.3 Å². The van der Waals surface area contributed by atoms with Crippen LogP contribution in [0.25, 0.3) is 0 Å². The standard InChI is InChI=1S/C18H20ClNO4/c1-3-24-17-15(19)8-13(9-16(17)23-2)11-20-10-12-5-4-6-14(7-12)18(21)22/h4-9,20H,3,10-11H2,1-2H3,(H,21,22). The van der Waals surface area contributed by atoms with E-state index in [0.717, 1.165) is 11.1 Å². The predicted octanol–water partition coefficient (Wildman–Crippen LogP) is 3.74. The van der Waals surface area contributed by atoms with Crippen molar-refractivity contribution in [3.05, 3.63) is 58.1 Å². The fraction of sp³-hybridized carbons (Fsp3) is 0.278. The predicted molar refractivity (Wildman–Crippen MR) is 93.1 cm³/mol. The minimum absolute atomic E-state index is 0.278. The summed E-state index contributed by atoms with van der Waals surface area (Å²) in [4.78, 5) is 11.0. The summed E-state index contributed by atoms with van der Waals surface area (Å²) in [7, 11) is 1.57. The van der Waals surface area contributed by atoms with Crippen LogP contribution in [0.3, 0.4) is 0 Å². The normalized spacial score (nSPS) is 10.5. The summed E-state index contributed by atoms with van der Waals surface area (Å²) >= 11 is 6.25.